The van der Waals surface area contributed by atoms with Crippen molar-refractivity contribution in [2.75, 3.05) is 32.7 Å². The van der Waals surface area contributed by atoms with Crippen molar-refractivity contribution in [3.63, 3.8) is 0 Å². The molecule has 2 heterocycles. The quantitative estimate of drug-likeness (QED) is 0.0788. The minimum atomic E-state index is -1.33. The number of carbonyl (C=O) groups excluding carboxylic acids is 7. The zero-order valence-corrected chi connectivity index (χ0v) is 37.2. The van der Waals surface area contributed by atoms with Crippen LogP contribution >= 0.6 is 0 Å². The first-order chi connectivity index (χ1) is 32.5. The molecule has 4 aromatic rings. The normalized spacial score (nSPS) is 21.9. The first kappa shape index (κ1) is 49.1. The van der Waals surface area contributed by atoms with E-state index in [-0.39, 0.29) is 45.3 Å². The lowest BCUT2D eigenvalue weighted by Gasteiger charge is -2.31. The number of nitrogens with two attached hydrogens (primary N) is 2. The number of benzene rings is 4. The van der Waals surface area contributed by atoms with Crippen LogP contribution < -0.4 is 48.1 Å². The molecule has 354 valence electrons. The van der Waals surface area contributed by atoms with Crippen molar-refractivity contribution < 1.29 is 43.0 Å². The van der Waals surface area contributed by atoms with Crippen LogP contribution in [0.1, 0.15) is 54.0 Å². The molecule has 0 aromatic heterocycles. The maximum Gasteiger partial charge on any atom is 0.407 e. The van der Waals surface area contributed by atoms with Gasteiger partial charge in [-0.15, -0.1) is 0 Å². The Morgan fingerprint density at radius 3 is 1.93 bits per heavy atom. The van der Waals surface area contributed by atoms with Gasteiger partial charge in [0.25, 0.3) is 0 Å². The summed E-state index contributed by atoms with van der Waals surface area (Å²) in [4.78, 5) is 99.9. The van der Waals surface area contributed by atoms with Crippen LogP contribution in [0, 0.1) is 0 Å². The van der Waals surface area contributed by atoms with Crippen molar-refractivity contribution in [3.8, 4) is 5.75 Å². The van der Waals surface area contributed by atoms with Crippen LogP contribution in [0.4, 0.5) is 4.79 Å². The molecular formula is C49H59N9O9. The highest BCUT2D eigenvalue weighted by Gasteiger charge is 2.45. The van der Waals surface area contributed by atoms with Gasteiger partial charge in [-0.05, 0) is 60.2 Å². The predicted molar refractivity (Wildman–Crippen MR) is 248 cm³/mol. The maximum atomic E-state index is 15.0. The van der Waals surface area contributed by atoms with E-state index in [1.54, 1.807) is 84.9 Å². The number of ether oxygens (including phenoxy) is 2. The third-order valence-electron chi connectivity index (χ3n) is 11.4. The number of nitrogens with zero attached hydrogens (tertiary/aromatic N) is 1. The summed E-state index contributed by atoms with van der Waals surface area (Å²) in [7, 11) is 0. The zero-order valence-electron chi connectivity index (χ0n) is 37.2. The Morgan fingerprint density at radius 1 is 0.642 bits per heavy atom. The monoisotopic (exact) mass is 917 g/mol. The van der Waals surface area contributed by atoms with Crippen LogP contribution in [-0.4, -0.2) is 109 Å². The van der Waals surface area contributed by atoms with Crippen molar-refractivity contribution in [3.05, 3.63) is 138 Å². The lowest BCUT2D eigenvalue weighted by Crippen LogP contribution is -2.60. The number of hydrogen-bond donors (Lipinski definition) is 8. The number of rotatable bonds is 15. The fraction of sp³-hybridized carbons (Fsp3) is 0.367. The van der Waals surface area contributed by atoms with Gasteiger partial charge in [0.15, 0.2) is 0 Å². The highest BCUT2D eigenvalue weighted by Crippen LogP contribution is 2.25. The minimum Gasteiger partial charge on any atom is -0.489 e. The van der Waals surface area contributed by atoms with Crippen molar-refractivity contribution in [1.82, 2.24) is 36.8 Å². The molecule has 2 saturated heterocycles. The van der Waals surface area contributed by atoms with Crippen molar-refractivity contribution in [2.24, 2.45) is 11.5 Å². The van der Waals surface area contributed by atoms with Crippen LogP contribution in [0.15, 0.2) is 115 Å². The van der Waals surface area contributed by atoms with Gasteiger partial charge in [-0.3, -0.25) is 28.8 Å². The summed E-state index contributed by atoms with van der Waals surface area (Å²) in [6.07, 6.45) is -0.843. The van der Waals surface area contributed by atoms with E-state index in [2.05, 4.69) is 31.9 Å². The lowest BCUT2D eigenvalue weighted by atomic mass is 10.0. The molecule has 67 heavy (non-hydrogen) atoms. The molecule has 5 unspecified atom stereocenters. The van der Waals surface area contributed by atoms with E-state index in [9.17, 15) is 28.8 Å². The molecule has 4 aromatic carbocycles. The number of fused-ring (bicyclic) bond motifs is 1. The van der Waals surface area contributed by atoms with E-state index in [1.807, 2.05) is 30.3 Å². The van der Waals surface area contributed by atoms with E-state index in [0.717, 1.165) is 5.56 Å². The number of alkyl carbamates (subject to hydrolysis) is 1. The summed E-state index contributed by atoms with van der Waals surface area (Å²) in [5.41, 5.74) is 14.0. The van der Waals surface area contributed by atoms with Gasteiger partial charge in [0.2, 0.25) is 35.4 Å². The number of amides is 7. The summed E-state index contributed by atoms with van der Waals surface area (Å²) >= 11 is 0. The standard InChI is InChI=1S/C49H59N9O9/c50-23-11-10-18-38-44(60)55-39(26-33-19-21-36(22-20-33)66-31-34-14-6-2-7-15-34)45(61)56-40(27-32-12-4-1-5-13-32)48(64)58-30-37(67-49(65)52-25-24-51)28-41(58)46(62)57-43(35-16-8-3-9-17-35)47(63)53-29-42(59)54-38/h1-9,12-17,19-22,37-41,43H,10-11,18,23-31,50-51H2,(H,52,65)(H,53,63)(H,54,59)(H,55,60)(H,56,61)(H,57,62)/t37-,38?,39?,40?,41?,43?/m1/s1. The van der Waals surface area contributed by atoms with Crippen LogP contribution in [0.2, 0.25) is 0 Å². The molecule has 2 fully saturated rings. The average molecular weight is 918 g/mol. The van der Waals surface area contributed by atoms with Crippen molar-refractivity contribution in [1.29, 1.82) is 0 Å². The zero-order chi connectivity index (χ0) is 47.5. The van der Waals surface area contributed by atoms with Crippen molar-refractivity contribution >= 4 is 41.5 Å². The van der Waals surface area contributed by atoms with Gasteiger partial charge in [-0.1, -0.05) is 103 Å². The van der Waals surface area contributed by atoms with Crippen LogP contribution in [0.3, 0.4) is 0 Å². The average Bonchev–Trinajstić information content (AvgIpc) is 3.77. The molecule has 0 saturated carbocycles. The molecule has 0 radical (unpaired) electrons. The second kappa shape index (κ2) is 24.8. The molecule has 0 spiro atoms. The Balaban J connectivity index is 1.36. The van der Waals surface area contributed by atoms with Gasteiger partial charge in [-0.25, -0.2) is 4.79 Å². The molecule has 0 bridgehead atoms. The molecule has 2 aliphatic heterocycles. The van der Waals surface area contributed by atoms with E-state index < -0.39 is 84.4 Å². The molecule has 7 amide bonds. The summed E-state index contributed by atoms with van der Waals surface area (Å²) in [5, 5.41) is 16.3. The molecular weight excluding hydrogens is 859 g/mol. The maximum absolute atomic E-state index is 15.0. The molecule has 6 rings (SSSR count). The number of hydrogen-bond acceptors (Lipinski definition) is 11. The van der Waals surface area contributed by atoms with Gasteiger partial charge in [0.1, 0.15) is 48.7 Å². The summed E-state index contributed by atoms with van der Waals surface area (Å²) in [6.45, 7) is 0.133. The predicted octanol–water partition coefficient (Wildman–Crippen LogP) is 1.28. The number of unbranched alkanes of at least 4 members (excludes halogenated alkanes) is 1. The Kier molecular flexibility index (Phi) is 18.2. The van der Waals surface area contributed by atoms with Crippen LogP contribution in [0.25, 0.3) is 0 Å². The summed E-state index contributed by atoms with van der Waals surface area (Å²) in [5.74, 6) is -3.68. The van der Waals surface area contributed by atoms with E-state index in [4.69, 9.17) is 20.9 Å². The SMILES string of the molecule is NCCCCC1NC(=O)CNC(=O)C(c2ccccc2)NC(=O)C2C[C@@H](OC(=O)NCCN)CN2C(=O)C(Cc2ccccc2)NC(=O)C(Cc2ccc(OCc3ccccc3)cc2)NC1=O. The topological polar surface area (TPSA) is 265 Å². The molecule has 18 nitrogen and oxygen atoms in total. The molecule has 18 heteroatoms. The van der Waals surface area contributed by atoms with E-state index in [1.165, 1.54) is 4.90 Å². The van der Waals surface area contributed by atoms with Crippen LogP contribution in [-0.2, 0) is 53.0 Å². The highest BCUT2D eigenvalue weighted by molar-refractivity contribution is 5.98. The molecule has 0 aliphatic carbocycles. The molecule has 2 aliphatic rings. The van der Waals surface area contributed by atoms with Gasteiger partial charge < -0.3 is 57.7 Å². The number of carbonyl (C=O) groups is 7. The largest absolute Gasteiger partial charge is 0.489 e. The van der Waals surface area contributed by atoms with E-state index in [0.29, 0.717) is 48.4 Å². The highest BCUT2D eigenvalue weighted by atomic mass is 16.6. The second-order valence-corrected chi connectivity index (χ2v) is 16.4. The third kappa shape index (κ3) is 14.6. The van der Waals surface area contributed by atoms with Crippen molar-refractivity contribution in [2.45, 2.75) is 81.4 Å². The molecule has 10 N–H and O–H groups in total. The third-order valence-corrected chi connectivity index (χ3v) is 11.4. The first-order valence-corrected chi connectivity index (χ1v) is 22.5. The molecule has 6 atom stereocenters. The first-order valence-electron chi connectivity index (χ1n) is 22.5. The van der Waals surface area contributed by atoms with Gasteiger partial charge in [0.05, 0.1) is 13.1 Å². The van der Waals surface area contributed by atoms with Gasteiger partial charge in [-0.2, -0.15) is 0 Å². The Bertz CT molecular complexity index is 2290. The van der Waals surface area contributed by atoms with Crippen LogP contribution in [0.5, 0.6) is 5.75 Å². The number of nitrogens with one attached hydrogen (secondary N) is 6. The minimum absolute atomic E-state index is 0.0281. The fourth-order valence-electron chi connectivity index (χ4n) is 7.91. The smallest absolute Gasteiger partial charge is 0.407 e. The van der Waals surface area contributed by atoms with Gasteiger partial charge >= 0.3 is 6.09 Å². The summed E-state index contributed by atoms with van der Waals surface area (Å²) in [6, 6.07) is 27.6. The van der Waals surface area contributed by atoms with Gasteiger partial charge in [0, 0.05) is 32.4 Å². The van der Waals surface area contributed by atoms with E-state index >= 15 is 4.79 Å². The second-order valence-electron chi connectivity index (χ2n) is 16.4. The Hall–Kier alpha value is -7.31. The Morgan fingerprint density at radius 2 is 1.25 bits per heavy atom. The summed E-state index contributed by atoms with van der Waals surface area (Å²) < 4.78 is 11.6. The fourth-order valence-corrected chi connectivity index (χ4v) is 7.91. The lowest BCUT2D eigenvalue weighted by molar-refractivity contribution is -0.142. The Labute approximate surface area is 389 Å².